The second-order valence-corrected chi connectivity index (χ2v) is 9.01. The maximum Gasteiger partial charge on any atom is 0.256 e. The van der Waals surface area contributed by atoms with Crippen molar-refractivity contribution in [3.8, 4) is 0 Å². The number of aromatic nitrogens is 1. The summed E-state index contributed by atoms with van der Waals surface area (Å²) in [7, 11) is 0. The third-order valence-electron chi connectivity index (χ3n) is 6.62. The zero-order valence-corrected chi connectivity index (χ0v) is 17.0. The molecular weight excluding hydrogens is 358 g/mol. The van der Waals surface area contributed by atoms with Crippen molar-refractivity contribution in [2.45, 2.75) is 62.4 Å². The molecule has 5 nitrogen and oxygen atoms in total. The zero-order chi connectivity index (χ0) is 18.9. The van der Waals surface area contributed by atoms with Crippen LogP contribution in [0.25, 0.3) is 0 Å². The van der Waals surface area contributed by atoms with Gasteiger partial charge in [0.05, 0.1) is 11.0 Å². The summed E-state index contributed by atoms with van der Waals surface area (Å²) in [6.45, 7) is 2.14. The molecule has 0 radical (unpaired) electrons. The summed E-state index contributed by atoms with van der Waals surface area (Å²) in [6, 6.07) is 4.09. The fourth-order valence-corrected chi connectivity index (χ4v) is 5.69. The number of hydrogen-bond donors (Lipinski definition) is 0. The highest BCUT2D eigenvalue weighted by molar-refractivity contribution is 7.98. The summed E-state index contributed by atoms with van der Waals surface area (Å²) in [6.07, 6.45) is 12.5. The molecule has 1 aromatic rings. The van der Waals surface area contributed by atoms with E-state index < -0.39 is 0 Å². The van der Waals surface area contributed by atoms with Gasteiger partial charge in [-0.3, -0.25) is 9.59 Å². The Kier molecular flexibility index (Phi) is 5.44. The summed E-state index contributed by atoms with van der Waals surface area (Å²) in [5, 5.41) is 0.766. The van der Waals surface area contributed by atoms with Crippen molar-refractivity contribution in [2.75, 3.05) is 25.9 Å². The number of amides is 2. The van der Waals surface area contributed by atoms with Crippen LogP contribution in [-0.2, 0) is 4.79 Å². The van der Waals surface area contributed by atoms with E-state index in [1.54, 1.807) is 6.20 Å². The van der Waals surface area contributed by atoms with Crippen LogP contribution in [0.2, 0.25) is 0 Å². The van der Waals surface area contributed by atoms with Crippen molar-refractivity contribution in [3.63, 3.8) is 0 Å². The molecule has 1 saturated carbocycles. The van der Waals surface area contributed by atoms with Gasteiger partial charge in [0.1, 0.15) is 5.03 Å². The second-order valence-electron chi connectivity index (χ2n) is 8.21. The van der Waals surface area contributed by atoms with Crippen LogP contribution in [0, 0.1) is 5.41 Å². The molecular formula is C21H29N3O2S. The lowest BCUT2D eigenvalue weighted by Gasteiger charge is -2.44. The van der Waals surface area contributed by atoms with Gasteiger partial charge in [-0.15, -0.1) is 11.8 Å². The van der Waals surface area contributed by atoms with Crippen molar-refractivity contribution in [1.29, 1.82) is 0 Å². The molecule has 3 aliphatic rings. The van der Waals surface area contributed by atoms with E-state index in [9.17, 15) is 9.59 Å². The van der Waals surface area contributed by atoms with Crippen LogP contribution in [0.15, 0.2) is 23.4 Å². The number of piperidine rings is 1. The summed E-state index contributed by atoms with van der Waals surface area (Å²) < 4.78 is 0. The van der Waals surface area contributed by atoms with E-state index in [-0.39, 0.29) is 11.3 Å². The lowest BCUT2D eigenvalue weighted by molar-refractivity contribution is -0.149. The molecule has 1 atom stereocenters. The maximum atomic E-state index is 13.4. The number of carbonyl (C=O) groups excluding carboxylic acids is 2. The zero-order valence-electron chi connectivity index (χ0n) is 16.2. The molecule has 146 valence electrons. The first-order valence-electron chi connectivity index (χ1n) is 10.2. The first kappa shape index (κ1) is 18.8. The van der Waals surface area contributed by atoms with Gasteiger partial charge in [-0.2, -0.15) is 0 Å². The van der Waals surface area contributed by atoms with Gasteiger partial charge in [-0.1, -0.05) is 19.3 Å². The molecule has 0 bridgehead atoms. The second kappa shape index (κ2) is 7.82. The van der Waals surface area contributed by atoms with Crippen molar-refractivity contribution in [3.05, 3.63) is 23.9 Å². The van der Waals surface area contributed by atoms with Crippen molar-refractivity contribution < 1.29 is 9.59 Å². The maximum absolute atomic E-state index is 13.4. The highest BCUT2D eigenvalue weighted by Crippen LogP contribution is 2.42. The standard InChI is InChI=1S/C21H29N3O2S/c1-27-18-17(9-5-12-22-18)19(25)23-14-11-21(15-23)10-6-13-24(20(21)26)16-7-3-2-4-8-16/h5,9,12,16H,2-4,6-8,10-11,13-15H2,1H3/t21-/m0/s1. The average Bonchev–Trinajstić information content (AvgIpc) is 3.15. The first-order chi connectivity index (χ1) is 13.1. The van der Waals surface area contributed by atoms with Gasteiger partial charge in [0, 0.05) is 31.9 Å². The number of rotatable bonds is 3. The minimum Gasteiger partial charge on any atom is -0.339 e. The Morgan fingerprint density at radius 1 is 1.19 bits per heavy atom. The fourth-order valence-electron chi connectivity index (χ4n) is 5.15. The van der Waals surface area contributed by atoms with Crippen LogP contribution in [0.5, 0.6) is 0 Å². The first-order valence-corrected chi connectivity index (χ1v) is 11.5. The van der Waals surface area contributed by atoms with Gasteiger partial charge in [0.15, 0.2) is 0 Å². The highest BCUT2D eigenvalue weighted by atomic mass is 32.2. The number of hydrogen-bond acceptors (Lipinski definition) is 4. The third-order valence-corrected chi connectivity index (χ3v) is 7.33. The summed E-state index contributed by atoms with van der Waals surface area (Å²) >= 11 is 1.50. The molecule has 4 rings (SSSR count). The van der Waals surface area contributed by atoms with E-state index in [0.717, 1.165) is 43.7 Å². The Hall–Kier alpha value is -1.56. The molecule has 1 aliphatic carbocycles. The van der Waals surface area contributed by atoms with E-state index in [2.05, 4.69) is 9.88 Å². The van der Waals surface area contributed by atoms with Crippen LogP contribution in [0.3, 0.4) is 0 Å². The summed E-state index contributed by atoms with van der Waals surface area (Å²) in [5.41, 5.74) is 0.307. The molecule has 2 amide bonds. The lowest BCUT2D eigenvalue weighted by Crippen LogP contribution is -2.54. The molecule has 2 saturated heterocycles. The normalized spacial score (nSPS) is 26.8. The van der Waals surface area contributed by atoms with Gasteiger partial charge in [0.2, 0.25) is 5.91 Å². The Bertz CT molecular complexity index is 719. The molecule has 0 aromatic carbocycles. The Morgan fingerprint density at radius 3 is 2.78 bits per heavy atom. The monoisotopic (exact) mass is 387 g/mol. The molecule has 0 N–H and O–H groups in total. The number of thioether (sulfide) groups is 1. The predicted octanol–water partition coefficient (Wildman–Crippen LogP) is 3.59. The SMILES string of the molecule is CSc1ncccc1C(=O)N1CC[C@@]2(CCCN(C3CCCCC3)C2=O)C1. The third kappa shape index (κ3) is 3.48. The quantitative estimate of drug-likeness (QED) is 0.744. The smallest absolute Gasteiger partial charge is 0.256 e. The van der Waals surface area contributed by atoms with Crippen LogP contribution in [0.4, 0.5) is 0 Å². The molecule has 2 aliphatic heterocycles. The molecule has 3 fully saturated rings. The molecule has 0 unspecified atom stereocenters. The van der Waals surface area contributed by atoms with Crippen LogP contribution in [0.1, 0.15) is 61.7 Å². The molecule has 3 heterocycles. The van der Waals surface area contributed by atoms with Crippen LogP contribution in [-0.4, -0.2) is 58.5 Å². The number of nitrogens with zero attached hydrogens (tertiary/aromatic N) is 3. The van der Waals surface area contributed by atoms with Crippen molar-refractivity contribution in [1.82, 2.24) is 14.8 Å². The van der Waals surface area contributed by atoms with Gasteiger partial charge < -0.3 is 9.80 Å². The number of pyridine rings is 1. The van der Waals surface area contributed by atoms with Gasteiger partial charge >= 0.3 is 0 Å². The van der Waals surface area contributed by atoms with E-state index in [1.165, 1.54) is 31.0 Å². The van der Waals surface area contributed by atoms with Crippen LogP contribution < -0.4 is 0 Å². The van der Waals surface area contributed by atoms with E-state index in [1.807, 2.05) is 23.3 Å². The predicted molar refractivity (Wildman–Crippen MR) is 107 cm³/mol. The number of likely N-dealkylation sites (tertiary alicyclic amines) is 2. The molecule has 6 heteroatoms. The lowest BCUT2D eigenvalue weighted by atomic mass is 9.77. The summed E-state index contributed by atoms with van der Waals surface area (Å²) in [4.78, 5) is 34.9. The molecule has 27 heavy (non-hydrogen) atoms. The van der Waals surface area contributed by atoms with E-state index in [4.69, 9.17) is 0 Å². The van der Waals surface area contributed by atoms with Crippen LogP contribution >= 0.6 is 11.8 Å². The number of carbonyl (C=O) groups is 2. The Labute approximate surface area is 165 Å². The van der Waals surface area contributed by atoms with E-state index >= 15 is 0 Å². The molecule has 1 aromatic heterocycles. The average molecular weight is 388 g/mol. The fraction of sp³-hybridized carbons (Fsp3) is 0.667. The topological polar surface area (TPSA) is 53.5 Å². The molecule has 1 spiro atoms. The Balaban J connectivity index is 1.50. The summed E-state index contributed by atoms with van der Waals surface area (Å²) in [5.74, 6) is 0.333. The van der Waals surface area contributed by atoms with Crippen molar-refractivity contribution >= 4 is 23.6 Å². The van der Waals surface area contributed by atoms with Gasteiger partial charge in [-0.05, 0) is 50.5 Å². The largest absolute Gasteiger partial charge is 0.339 e. The van der Waals surface area contributed by atoms with Crippen molar-refractivity contribution in [2.24, 2.45) is 5.41 Å². The Morgan fingerprint density at radius 2 is 2.00 bits per heavy atom. The van der Waals surface area contributed by atoms with Gasteiger partial charge in [-0.25, -0.2) is 4.98 Å². The minimum atomic E-state index is -0.354. The van der Waals surface area contributed by atoms with Gasteiger partial charge in [0.25, 0.3) is 5.91 Å². The highest BCUT2D eigenvalue weighted by Gasteiger charge is 2.50. The van der Waals surface area contributed by atoms with E-state index in [0.29, 0.717) is 30.6 Å². The minimum absolute atomic E-state index is 0.0203.